The standard InChI is InChI=1S/C12H14O3/c1-7-5-12(15-10(4)14)9(3)8(2)11(7)6-13/h5-6H,1-4H3. The summed E-state index contributed by atoms with van der Waals surface area (Å²) >= 11 is 0. The molecular weight excluding hydrogens is 192 g/mol. The Morgan fingerprint density at radius 1 is 1.27 bits per heavy atom. The molecule has 0 radical (unpaired) electrons. The molecule has 1 aromatic rings. The molecule has 0 bridgehead atoms. The molecule has 3 nitrogen and oxygen atoms in total. The smallest absolute Gasteiger partial charge is 0.308 e. The summed E-state index contributed by atoms with van der Waals surface area (Å²) in [6.07, 6.45) is 0.829. The highest BCUT2D eigenvalue weighted by Gasteiger charge is 2.11. The largest absolute Gasteiger partial charge is 0.426 e. The van der Waals surface area contributed by atoms with E-state index in [-0.39, 0.29) is 5.97 Å². The van der Waals surface area contributed by atoms with Gasteiger partial charge in [-0.15, -0.1) is 0 Å². The van der Waals surface area contributed by atoms with Crippen LogP contribution in [0.2, 0.25) is 0 Å². The minimum atomic E-state index is -0.351. The van der Waals surface area contributed by atoms with Crippen LogP contribution in [0, 0.1) is 20.8 Å². The second kappa shape index (κ2) is 4.26. The molecule has 0 unspecified atom stereocenters. The van der Waals surface area contributed by atoms with E-state index in [0.717, 1.165) is 23.0 Å². The van der Waals surface area contributed by atoms with Crippen molar-refractivity contribution in [2.75, 3.05) is 0 Å². The van der Waals surface area contributed by atoms with Crippen molar-refractivity contribution in [2.24, 2.45) is 0 Å². The molecule has 0 spiro atoms. The van der Waals surface area contributed by atoms with Crippen molar-refractivity contribution in [3.8, 4) is 5.75 Å². The Labute approximate surface area is 89.1 Å². The molecule has 3 heteroatoms. The molecule has 0 saturated carbocycles. The van der Waals surface area contributed by atoms with Gasteiger partial charge >= 0.3 is 5.97 Å². The lowest BCUT2D eigenvalue weighted by atomic mass is 9.98. The van der Waals surface area contributed by atoms with Gasteiger partial charge in [-0.05, 0) is 43.5 Å². The van der Waals surface area contributed by atoms with Gasteiger partial charge in [0.15, 0.2) is 6.29 Å². The quantitative estimate of drug-likeness (QED) is 0.424. The average molecular weight is 206 g/mol. The van der Waals surface area contributed by atoms with Crippen LogP contribution in [0.15, 0.2) is 6.07 Å². The fourth-order valence-corrected chi connectivity index (χ4v) is 1.51. The summed E-state index contributed by atoms with van der Waals surface area (Å²) in [6, 6.07) is 1.72. The zero-order valence-electron chi connectivity index (χ0n) is 9.38. The van der Waals surface area contributed by atoms with Crippen molar-refractivity contribution in [1.82, 2.24) is 0 Å². The molecule has 0 aliphatic heterocycles. The molecule has 1 aromatic carbocycles. The van der Waals surface area contributed by atoms with E-state index in [1.165, 1.54) is 6.92 Å². The molecule has 0 aliphatic rings. The highest BCUT2D eigenvalue weighted by molar-refractivity contribution is 5.81. The van der Waals surface area contributed by atoms with Crippen LogP contribution in [0.5, 0.6) is 5.75 Å². The molecule has 0 N–H and O–H groups in total. The molecule has 0 fully saturated rings. The number of aryl methyl sites for hydroxylation is 1. The van der Waals surface area contributed by atoms with Crippen LogP contribution in [0.1, 0.15) is 34.0 Å². The van der Waals surface area contributed by atoms with Crippen LogP contribution < -0.4 is 4.74 Å². The third-order valence-corrected chi connectivity index (χ3v) is 2.48. The van der Waals surface area contributed by atoms with Crippen LogP contribution in [0.3, 0.4) is 0 Å². The number of esters is 1. The number of carbonyl (C=O) groups is 2. The van der Waals surface area contributed by atoms with Crippen molar-refractivity contribution in [1.29, 1.82) is 0 Å². The number of benzene rings is 1. The van der Waals surface area contributed by atoms with E-state index in [4.69, 9.17) is 4.74 Å². The number of ether oxygens (including phenoxy) is 1. The Morgan fingerprint density at radius 2 is 1.87 bits per heavy atom. The molecule has 80 valence electrons. The number of rotatable bonds is 2. The summed E-state index contributed by atoms with van der Waals surface area (Å²) in [5, 5.41) is 0. The molecule has 0 aromatic heterocycles. The molecule has 15 heavy (non-hydrogen) atoms. The summed E-state index contributed by atoms with van der Waals surface area (Å²) in [5.41, 5.74) is 3.19. The van der Waals surface area contributed by atoms with Gasteiger partial charge in [-0.1, -0.05) is 0 Å². The van der Waals surface area contributed by atoms with Crippen molar-refractivity contribution in [2.45, 2.75) is 27.7 Å². The first-order valence-electron chi connectivity index (χ1n) is 4.71. The zero-order valence-corrected chi connectivity index (χ0v) is 9.38. The predicted molar refractivity (Wildman–Crippen MR) is 57.3 cm³/mol. The van der Waals surface area contributed by atoms with E-state index in [0.29, 0.717) is 11.3 Å². The van der Waals surface area contributed by atoms with Gasteiger partial charge in [-0.2, -0.15) is 0 Å². The van der Waals surface area contributed by atoms with Crippen LogP contribution in [0.4, 0.5) is 0 Å². The minimum absolute atomic E-state index is 0.351. The van der Waals surface area contributed by atoms with E-state index < -0.39 is 0 Å². The Balaban J connectivity index is 3.33. The maximum atomic E-state index is 10.9. The first kappa shape index (κ1) is 11.4. The summed E-state index contributed by atoms with van der Waals surface area (Å²) < 4.78 is 5.05. The molecule has 0 atom stereocenters. The van der Waals surface area contributed by atoms with Crippen molar-refractivity contribution >= 4 is 12.3 Å². The van der Waals surface area contributed by atoms with E-state index in [1.54, 1.807) is 6.07 Å². The zero-order chi connectivity index (χ0) is 11.6. The third kappa shape index (κ3) is 2.24. The summed E-state index contributed by atoms with van der Waals surface area (Å²) in [6.45, 7) is 6.86. The van der Waals surface area contributed by atoms with Crippen LogP contribution in [-0.4, -0.2) is 12.3 Å². The molecule has 1 rings (SSSR count). The number of hydrogen-bond acceptors (Lipinski definition) is 3. The highest BCUT2D eigenvalue weighted by Crippen LogP contribution is 2.26. The van der Waals surface area contributed by atoms with Crippen molar-refractivity contribution < 1.29 is 14.3 Å². The fraction of sp³-hybridized carbons (Fsp3) is 0.333. The Kier molecular flexibility index (Phi) is 3.24. The van der Waals surface area contributed by atoms with Gasteiger partial charge in [0.25, 0.3) is 0 Å². The SMILES string of the molecule is CC(=O)Oc1cc(C)c(C=O)c(C)c1C. The number of aldehydes is 1. The van der Waals surface area contributed by atoms with E-state index in [9.17, 15) is 9.59 Å². The summed E-state index contributed by atoms with van der Waals surface area (Å²) in [5.74, 6) is 0.179. The lowest BCUT2D eigenvalue weighted by molar-refractivity contribution is -0.131. The van der Waals surface area contributed by atoms with Crippen LogP contribution in [-0.2, 0) is 4.79 Å². The summed E-state index contributed by atoms with van der Waals surface area (Å²) in [7, 11) is 0. The van der Waals surface area contributed by atoms with Gasteiger partial charge in [0.05, 0.1) is 0 Å². The molecular formula is C12H14O3. The van der Waals surface area contributed by atoms with Crippen LogP contribution in [0.25, 0.3) is 0 Å². The van der Waals surface area contributed by atoms with E-state index in [1.807, 2.05) is 20.8 Å². The Morgan fingerprint density at radius 3 is 2.33 bits per heavy atom. The maximum Gasteiger partial charge on any atom is 0.308 e. The lowest BCUT2D eigenvalue weighted by Gasteiger charge is -2.12. The average Bonchev–Trinajstić information content (AvgIpc) is 2.14. The molecule has 0 saturated heterocycles. The molecule has 0 amide bonds. The minimum Gasteiger partial charge on any atom is -0.426 e. The van der Waals surface area contributed by atoms with E-state index >= 15 is 0 Å². The molecule has 0 heterocycles. The van der Waals surface area contributed by atoms with Crippen molar-refractivity contribution in [3.05, 3.63) is 28.3 Å². The fourth-order valence-electron chi connectivity index (χ4n) is 1.51. The monoisotopic (exact) mass is 206 g/mol. The van der Waals surface area contributed by atoms with Gasteiger partial charge in [-0.3, -0.25) is 9.59 Å². The van der Waals surface area contributed by atoms with Gasteiger partial charge in [0.2, 0.25) is 0 Å². The van der Waals surface area contributed by atoms with Gasteiger partial charge < -0.3 is 4.74 Å². The highest BCUT2D eigenvalue weighted by atomic mass is 16.5. The first-order chi connectivity index (χ1) is 6.97. The van der Waals surface area contributed by atoms with Crippen molar-refractivity contribution in [3.63, 3.8) is 0 Å². The topological polar surface area (TPSA) is 43.4 Å². The van der Waals surface area contributed by atoms with Gasteiger partial charge in [0.1, 0.15) is 5.75 Å². The second-order valence-corrected chi connectivity index (χ2v) is 3.57. The normalized spacial score (nSPS) is 9.87. The van der Waals surface area contributed by atoms with Crippen LogP contribution >= 0.6 is 0 Å². The first-order valence-corrected chi connectivity index (χ1v) is 4.71. The summed E-state index contributed by atoms with van der Waals surface area (Å²) in [4.78, 5) is 21.7. The Hall–Kier alpha value is -1.64. The molecule has 0 aliphatic carbocycles. The Bertz CT molecular complexity index is 419. The second-order valence-electron chi connectivity index (χ2n) is 3.57. The van der Waals surface area contributed by atoms with E-state index in [2.05, 4.69) is 0 Å². The van der Waals surface area contributed by atoms with Gasteiger partial charge in [-0.25, -0.2) is 0 Å². The predicted octanol–water partition coefficient (Wildman–Crippen LogP) is 2.35. The number of hydrogen-bond donors (Lipinski definition) is 0. The lowest BCUT2D eigenvalue weighted by Crippen LogP contribution is -2.05. The number of carbonyl (C=O) groups excluding carboxylic acids is 2. The van der Waals surface area contributed by atoms with Gasteiger partial charge in [0, 0.05) is 12.5 Å². The maximum absolute atomic E-state index is 10.9. The third-order valence-electron chi connectivity index (χ3n) is 2.48.